The highest BCUT2D eigenvalue weighted by atomic mass is 32.2. The number of carbonyl (C=O) groups is 1. The Morgan fingerprint density at radius 3 is 2.76 bits per heavy atom. The molecule has 8 nitrogen and oxygen atoms in total. The number of hydrogen-bond acceptors (Lipinski definition) is 6. The van der Waals surface area contributed by atoms with Gasteiger partial charge in [-0.15, -0.1) is 0 Å². The van der Waals surface area contributed by atoms with Gasteiger partial charge in [0.1, 0.15) is 10.5 Å². The Hall–Kier alpha value is -3.40. The summed E-state index contributed by atoms with van der Waals surface area (Å²) in [7, 11) is 0. The lowest BCUT2D eigenvalue weighted by Gasteiger charge is -2.29. The van der Waals surface area contributed by atoms with Crippen LogP contribution in [0.1, 0.15) is 44.3 Å². The molecule has 4 aromatic rings. The molecule has 10 heteroatoms. The van der Waals surface area contributed by atoms with E-state index in [0.29, 0.717) is 11.7 Å². The molecule has 0 spiro atoms. The number of hydrogen-bond donors (Lipinski definition) is 2. The van der Waals surface area contributed by atoms with Crippen LogP contribution in [0.5, 0.6) is 0 Å². The molecule has 1 amide bonds. The lowest BCUT2D eigenvalue weighted by Crippen LogP contribution is -2.36. The smallest absolute Gasteiger partial charge is 0.217 e. The SMILES string of the molecule is CC(=O)NC1CCC(n2ncc(-c3cc(Sc4ncccc4F)c4c(N)cnn4c3)c2C)CC1. The molecule has 0 radical (unpaired) electrons. The summed E-state index contributed by atoms with van der Waals surface area (Å²) < 4.78 is 18.1. The van der Waals surface area contributed by atoms with Crippen LogP contribution in [0.15, 0.2) is 52.9 Å². The molecule has 1 aliphatic carbocycles. The third-order valence-electron chi connectivity index (χ3n) is 6.34. The lowest BCUT2D eigenvalue weighted by atomic mass is 9.91. The van der Waals surface area contributed by atoms with Crippen molar-refractivity contribution in [1.82, 2.24) is 29.7 Å². The predicted molar refractivity (Wildman–Crippen MR) is 129 cm³/mol. The van der Waals surface area contributed by atoms with Gasteiger partial charge in [-0.25, -0.2) is 13.9 Å². The first-order valence-electron chi connectivity index (χ1n) is 11.3. The molecule has 34 heavy (non-hydrogen) atoms. The molecule has 3 N–H and O–H groups in total. The van der Waals surface area contributed by atoms with Crippen LogP contribution in [-0.4, -0.2) is 36.3 Å². The van der Waals surface area contributed by atoms with Crippen LogP contribution in [-0.2, 0) is 4.79 Å². The first kappa shape index (κ1) is 22.4. The van der Waals surface area contributed by atoms with Gasteiger partial charge in [0, 0.05) is 47.1 Å². The first-order chi connectivity index (χ1) is 16.4. The molecule has 1 saturated carbocycles. The Morgan fingerprint density at radius 2 is 2.03 bits per heavy atom. The summed E-state index contributed by atoms with van der Waals surface area (Å²) in [5.74, 6) is -0.358. The Kier molecular flexibility index (Phi) is 5.99. The maximum Gasteiger partial charge on any atom is 0.217 e. The largest absolute Gasteiger partial charge is 0.396 e. The average Bonchev–Trinajstić information content (AvgIpc) is 3.38. The number of nitrogens with one attached hydrogen (secondary N) is 1. The molecule has 0 aliphatic heterocycles. The van der Waals surface area contributed by atoms with Crippen LogP contribution in [0.3, 0.4) is 0 Å². The quantitative estimate of drug-likeness (QED) is 0.440. The van der Waals surface area contributed by atoms with E-state index in [9.17, 15) is 9.18 Å². The van der Waals surface area contributed by atoms with Crippen molar-refractivity contribution >= 4 is 28.9 Å². The highest BCUT2D eigenvalue weighted by Crippen LogP contribution is 2.38. The van der Waals surface area contributed by atoms with Gasteiger partial charge in [0.25, 0.3) is 0 Å². The molecule has 0 unspecified atom stereocenters. The summed E-state index contributed by atoms with van der Waals surface area (Å²) >= 11 is 1.23. The fourth-order valence-electron chi connectivity index (χ4n) is 4.71. The summed E-state index contributed by atoms with van der Waals surface area (Å²) in [4.78, 5) is 16.3. The van der Waals surface area contributed by atoms with Crippen molar-refractivity contribution in [2.24, 2.45) is 0 Å². The third-order valence-corrected chi connectivity index (χ3v) is 7.37. The normalized spacial score (nSPS) is 18.3. The van der Waals surface area contributed by atoms with Crippen molar-refractivity contribution in [2.45, 2.75) is 61.5 Å². The molecule has 0 aromatic carbocycles. The second-order valence-electron chi connectivity index (χ2n) is 8.67. The van der Waals surface area contributed by atoms with E-state index in [1.165, 1.54) is 17.8 Å². The van der Waals surface area contributed by atoms with Gasteiger partial charge in [-0.2, -0.15) is 10.2 Å². The fraction of sp³-hybridized carbons (Fsp3) is 0.333. The Morgan fingerprint density at radius 1 is 1.24 bits per heavy atom. The number of fused-ring (bicyclic) bond motifs is 1. The second kappa shape index (κ2) is 9.09. The molecule has 1 fully saturated rings. The average molecular weight is 480 g/mol. The molecule has 1 aliphatic rings. The number of carbonyl (C=O) groups excluding carboxylic acids is 1. The highest BCUT2D eigenvalue weighted by Gasteiger charge is 2.25. The summed E-state index contributed by atoms with van der Waals surface area (Å²) in [6.45, 7) is 3.63. The van der Waals surface area contributed by atoms with Crippen molar-refractivity contribution in [1.29, 1.82) is 0 Å². The number of rotatable bonds is 5. The summed E-state index contributed by atoms with van der Waals surface area (Å²) in [5, 5.41) is 12.4. The molecule has 5 rings (SSSR count). The van der Waals surface area contributed by atoms with E-state index < -0.39 is 0 Å². The van der Waals surface area contributed by atoms with Crippen LogP contribution in [0.2, 0.25) is 0 Å². The van der Waals surface area contributed by atoms with Crippen LogP contribution in [0.4, 0.5) is 10.1 Å². The van der Waals surface area contributed by atoms with Crippen LogP contribution >= 0.6 is 11.8 Å². The summed E-state index contributed by atoms with van der Waals surface area (Å²) in [5.41, 5.74) is 10.4. The molecule has 4 aromatic heterocycles. The molecule has 0 saturated heterocycles. The van der Waals surface area contributed by atoms with E-state index in [0.717, 1.165) is 52.9 Å². The third kappa shape index (κ3) is 4.25. The van der Waals surface area contributed by atoms with Gasteiger partial charge < -0.3 is 11.1 Å². The number of nitrogens with zero attached hydrogens (tertiary/aromatic N) is 5. The minimum atomic E-state index is -0.381. The van der Waals surface area contributed by atoms with Crippen molar-refractivity contribution in [3.63, 3.8) is 0 Å². The number of amides is 1. The highest BCUT2D eigenvalue weighted by molar-refractivity contribution is 7.99. The van der Waals surface area contributed by atoms with Gasteiger partial charge in [0.05, 0.1) is 24.1 Å². The predicted octanol–water partition coefficient (Wildman–Crippen LogP) is 4.39. The van der Waals surface area contributed by atoms with Crippen molar-refractivity contribution in [3.05, 3.63) is 54.5 Å². The molecule has 4 heterocycles. The van der Waals surface area contributed by atoms with Crippen molar-refractivity contribution in [2.75, 3.05) is 5.73 Å². The molecule has 176 valence electrons. The summed E-state index contributed by atoms with van der Waals surface area (Å²) in [6, 6.07) is 5.49. The van der Waals surface area contributed by atoms with Gasteiger partial charge in [0.15, 0.2) is 5.82 Å². The van der Waals surface area contributed by atoms with Crippen LogP contribution < -0.4 is 11.1 Å². The van der Waals surface area contributed by atoms with Gasteiger partial charge in [-0.3, -0.25) is 9.48 Å². The van der Waals surface area contributed by atoms with E-state index >= 15 is 0 Å². The summed E-state index contributed by atoms with van der Waals surface area (Å²) in [6.07, 6.45) is 10.8. The van der Waals surface area contributed by atoms with Gasteiger partial charge in [0.2, 0.25) is 5.91 Å². The number of nitrogens with two attached hydrogens (primary N) is 1. The first-order valence-corrected chi connectivity index (χ1v) is 12.1. The van der Waals surface area contributed by atoms with Crippen molar-refractivity contribution in [3.8, 4) is 11.1 Å². The van der Waals surface area contributed by atoms with Crippen LogP contribution in [0.25, 0.3) is 16.6 Å². The topological polar surface area (TPSA) is 103 Å². The standard InChI is InChI=1S/C24H26FN7OS/c1-14-19(11-29-32(14)18-7-5-17(6-8-18)30-15(2)33)16-10-22(23-21(26)12-28-31(23)13-16)34-24-20(25)4-3-9-27-24/h3-4,9-13,17-18H,5-8,26H2,1-2H3,(H,30,33). The maximum atomic E-state index is 14.3. The number of aromatic nitrogens is 5. The molecular formula is C24H26FN7OS. The second-order valence-corrected chi connectivity index (χ2v) is 9.70. The van der Waals surface area contributed by atoms with Crippen molar-refractivity contribution < 1.29 is 9.18 Å². The minimum absolute atomic E-state index is 0.0231. The van der Waals surface area contributed by atoms with E-state index in [-0.39, 0.29) is 22.8 Å². The number of nitrogen functional groups attached to an aromatic ring is 1. The minimum Gasteiger partial charge on any atom is -0.396 e. The lowest BCUT2D eigenvalue weighted by molar-refractivity contribution is -0.119. The van der Waals surface area contributed by atoms with Gasteiger partial charge in [-0.05, 0) is 50.8 Å². The Balaban J connectivity index is 1.47. The van der Waals surface area contributed by atoms with E-state index in [2.05, 4.69) is 27.0 Å². The fourth-order valence-corrected chi connectivity index (χ4v) is 5.69. The Labute approximate surface area is 200 Å². The maximum absolute atomic E-state index is 14.3. The monoisotopic (exact) mass is 479 g/mol. The van der Waals surface area contributed by atoms with Gasteiger partial charge in [-0.1, -0.05) is 11.8 Å². The molecule has 0 bridgehead atoms. The van der Waals surface area contributed by atoms with E-state index in [4.69, 9.17) is 10.8 Å². The zero-order valence-corrected chi connectivity index (χ0v) is 19.8. The molecule has 0 atom stereocenters. The number of pyridine rings is 2. The molecular weight excluding hydrogens is 453 g/mol. The zero-order chi connectivity index (χ0) is 23.8. The van der Waals surface area contributed by atoms with Crippen LogP contribution in [0, 0.1) is 12.7 Å². The Bertz CT molecular complexity index is 1360. The number of anilines is 1. The van der Waals surface area contributed by atoms with E-state index in [1.54, 1.807) is 29.9 Å². The zero-order valence-electron chi connectivity index (χ0n) is 19.0. The number of halogens is 1. The van der Waals surface area contributed by atoms with Gasteiger partial charge >= 0.3 is 0 Å². The van der Waals surface area contributed by atoms with E-state index in [1.807, 2.05) is 18.5 Å².